The fourth-order valence-corrected chi connectivity index (χ4v) is 2.82. The van der Waals surface area contributed by atoms with E-state index >= 15 is 0 Å². The average molecular weight is 381 g/mol. The van der Waals surface area contributed by atoms with Crippen LogP contribution in [0.3, 0.4) is 0 Å². The highest BCUT2D eigenvalue weighted by atomic mass is 16.5. The largest absolute Gasteiger partial charge is 0.555 e. The normalized spacial score (nSPS) is 13.0. The van der Waals surface area contributed by atoms with E-state index in [1.165, 1.54) is 7.48 Å². The lowest BCUT2D eigenvalue weighted by molar-refractivity contribution is 0.157. The number of rotatable bonds is 13. The molecule has 0 aliphatic heterocycles. The molecule has 5 nitrogen and oxygen atoms in total. The van der Waals surface area contributed by atoms with E-state index in [0.717, 1.165) is 29.8 Å². The number of hydrogen-bond donors (Lipinski definition) is 3. The molecule has 0 heterocycles. The lowest BCUT2D eigenvalue weighted by Gasteiger charge is -2.22. The Labute approximate surface area is 168 Å². The first kappa shape index (κ1) is 22.0. The van der Waals surface area contributed by atoms with Crippen LogP contribution in [0.4, 0.5) is 0 Å². The highest BCUT2D eigenvalue weighted by Crippen LogP contribution is 2.21. The summed E-state index contributed by atoms with van der Waals surface area (Å²) in [5.41, 5.74) is 2.20. The zero-order chi connectivity index (χ0) is 20.2. The standard InChI is InChI=1S/C22H30BN2O3/c1-17(2)13-25-14-22(26)21(23-28-16-24)12-18-8-10-20(11-9-18)27-15-19-6-4-3-5-7-19/h3-11,16-17,21-22,24-26H,12-15H2,1-2H3/t21-,22+/m0/s1. The highest BCUT2D eigenvalue weighted by molar-refractivity contribution is 6.32. The van der Waals surface area contributed by atoms with Gasteiger partial charge in [0.05, 0.1) is 6.10 Å². The summed E-state index contributed by atoms with van der Waals surface area (Å²) >= 11 is 0. The van der Waals surface area contributed by atoms with Crippen molar-refractivity contribution in [3.05, 3.63) is 65.7 Å². The third kappa shape index (κ3) is 8.15. The Morgan fingerprint density at radius 2 is 1.75 bits per heavy atom. The van der Waals surface area contributed by atoms with Crippen molar-refractivity contribution in [2.45, 2.75) is 38.8 Å². The molecule has 2 aromatic rings. The molecule has 2 aromatic carbocycles. The van der Waals surface area contributed by atoms with Crippen LogP contribution in [-0.2, 0) is 17.7 Å². The quantitative estimate of drug-likeness (QED) is 0.282. The first-order valence-electron chi connectivity index (χ1n) is 9.70. The van der Waals surface area contributed by atoms with Gasteiger partial charge < -0.3 is 19.8 Å². The summed E-state index contributed by atoms with van der Waals surface area (Å²) in [6.07, 6.45) is 0.909. The van der Waals surface area contributed by atoms with E-state index in [9.17, 15) is 5.11 Å². The minimum atomic E-state index is -0.590. The first-order valence-corrected chi connectivity index (χ1v) is 9.70. The summed E-state index contributed by atoms with van der Waals surface area (Å²) in [7, 11) is 1.54. The minimum Gasteiger partial charge on any atom is -0.555 e. The Morgan fingerprint density at radius 1 is 1.04 bits per heavy atom. The summed E-state index contributed by atoms with van der Waals surface area (Å²) in [4.78, 5) is 0. The van der Waals surface area contributed by atoms with Gasteiger partial charge in [0.2, 0.25) is 0 Å². The Hall–Kier alpha value is -2.31. The van der Waals surface area contributed by atoms with Crippen molar-refractivity contribution in [1.29, 1.82) is 5.41 Å². The molecule has 0 fully saturated rings. The van der Waals surface area contributed by atoms with Gasteiger partial charge in [0, 0.05) is 12.4 Å². The smallest absolute Gasteiger partial charge is 0.377 e. The van der Waals surface area contributed by atoms with E-state index in [0.29, 0.717) is 25.5 Å². The predicted molar refractivity (Wildman–Crippen MR) is 114 cm³/mol. The fraction of sp³-hybridized carbons (Fsp3) is 0.409. The maximum atomic E-state index is 10.5. The molecule has 0 amide bonds. The number of benzene rings is 2. The SMILES string of the molecule is CC(C)CNC[C@@H](O)[C@@H]([B]OC=N)Cc1ccc(OCc2ccccc2)cc1. The summed E-state index contributed by atoms with van der Waals surface area (Å²) in [6, 6.07) is 17.9. The number of hydrogen-bond acceptors (Lipinski definition) is 5. The third-order valence-electron chi connectivity index (χ3n) is 4.36. The van der Waals surface area contributed by atoms with E-state index in [-0.39, 0.29) is 5.82 Å². The maximum Gasteiger partial charge on any atom is 0.377 e. The summed E-state index contributed by atoms with van der Waals surface area (Å²) in [6.45, 7) is 6.12. The molecular formula is C22H30BN2O3. The van der Waals surface area contributed by atoms with Gasteiger partial charge in [-0.15, -0.1) is 0 Å². The maximum absolute atomic E-state index is 10.5. The Morgan fingerprint density at radius 3 is 2.39 bits per heavy atom. The zero-order valence-electron chi connectivity index (χ0n) is 16.7. The molecule has 3 N–H and O–H groups in total. The molecule has 0 bridgehead atoms. The molecule has 0 saturated carbocycles. The van der Waals surface area contributed by atoms with Crippen LogP contribution in [0.25, 0.3) is 0 Å². The van der Waals surface area contributed by atoms with E-state index < -0.39 is 6.10 Å². The van der Waals surface area contributed by atoms with E-state index in [1.54, 1.807) is 0 Å². The van der Waals surface area contributed by atoms with Crippen LogP contribution in [0.5, 0.6) is 5.75 Å². The fourth-order valence-electron chi connectivity index (χ4n) is 2.82. The van der Waals surface area contributed by atoms with Crippen LogP contribution in [0, 0.1) is 11.3 Å². The summed E-state index contributed by atoms with van der Waals surface area (Å²) < 4.78 is 10.9. The van der Waals surface area contributed by atoms with Gasteiger partial charge in [-0.1, -0.05) is 56.3 Å². The van der Waals surface area contributed by atoms with Gasteiger partial charge in [-0.05, 0) is 42.1 Å². The predicted octanol–water partition coefficient (Wildman–Crippen LogP) is 3.45. The topological polar surface area (TPSA) is 74.6 Å². The summed E-state index contributed by atoms with van der Waals surface area (Å²) in [5, 5.41) is 20.8. The van der Waals surface area contributed by atoms with Gasteiger partial charge in [0.15, 0.2) is 0 Å². The van der Waals surface area contributed by atoms with Crippen LogP contribution in [-0.4, -0.2) is 38.2 Å². The van der Waals surface area contributed by atoms with Gasteiger partial charge in [-0.3, -0.25) is 5.41 Å². The molecule has 0 saturated heterocycles. The molecule has 2 rings (SSSR count). The van der Waals surface area contributed by atoms with Gasteiger partial charge in [0.25, 0.3) is 0 Å². The van der Waals surface area contributed by atoms with Crippen molar-refractivity contribution >= 4 is 13.9 Å². The Bertz CT molecular complexity index is 680. The molecule has 0 aliphatic carbocycles. The second kappa shape index (κ2) is 12.2. The monoisotopic (exact) mass is 381 g/mol. The van der Waals surface area contributed by atoms with Crippen LogP contribution in [0.2, 0.25) is 5.82 Å². The van der Waals surface area contributed by atoms with Crippen molar-refractivity contribution < 1.29 is 14.5 Å². The molecule has 0 aliphatic rings. The van der Waals surface area contributed by atoms with Crippen molar-refractivity contribution in [2.24, 2.45) is 5.92 Å². The van der Waals surface area contributed by atoms with Crippen molar-refractivity contribution in [3.63, 3.8) is 0 Å². The van der Waals surface area contributed by atoms with E-state index in [4.69, 9.17) is 14.8 Å². The zero-order valence-corrected chi connectivity index (χ0v) is 16.7. The van der Waals surface area contributed by atoms with Crippen molar-refractivity contribution in [1.82, 2.24) is 5.32 Å². The molecule has 28 heavy (non-hydrogen) atoms. The molecule has 0 unspecified atom stereocenters. The first-order chi connectivity index (χ1) is 13.6. The minimum absolute atomic E-state index is 0.211. The van der Waals surface area contributed by atoms with Crippen LogP contribution < -0.4 is 10.1 Å². The Balaban J connectivity index is 1.88. The van der Waals surface area contributed by atoms with Crippen molar-refractivity contribution in [2.75, 3.05) is 13.1 Å². The summed E-state index contributed by atoms with van der Waals surface area (Å²) in [5.74, 6) is 1.12. The lowest BCUT2D eigenvalue weighted by atomic mass is 9.72. The molecular weight excluding hydrogens is 351 g/mol. The van der Waals surface area contributed by atoms with Gasteiger partial charge >= 0.3 is 7.48 Å². The molecule has 6 heteroatoms. The van der Waals surface area contributed by atoms with Crippen LogP contribution in [0.15, 0.2) is 54.6 Å². The lowest BCUT2D eigenvalue weighted by Crippen LogP contribution is -2.35. The van der Waals surface area contributed by atoms with E-state index in [2.05, 4.69) is 19.2 Å². The van der Waals surface area contributed by atoms with E-state index in [1.807, 2.05) is 54.6 Å². The number of aliphatic hydroxyl groups is 1. The second-order valence-electron chi connectivity index (χ2n) is 7.30. The van der Waals surface area contributed by atoms with Crippen LogP contribution >= 0.6 is 0 Å². The molecule has 2 atom stereocenters. The van der Waals surface area contributed by atoms with Gasteiger partial charge in [0.1, 0.15) is 18.8 Å². The number of ether oxygens (including phenoxy) is 1. The molecule has 1 radical (unpaired) electrons. The van der Waals surface area contributed by atoms with Crippen molar-refractivity contribution in [3.8, 4) is 5.75 Å². The third-order valence-corrected chi connectivity index (χ3v) is 4.36. The number of aliphatic hydroxyl groups excluding tert-OH is 1. The van der Waals surface area contributed by atoms with Gasteiger partial charge in [-0.25, -0.2) is 0 Å². The Kier molecular flexibility index (Phi) is 9.59. The second-order valence-corrected chi connectivity index (χ2v) is 7.30. The highest BCUT2D eigenvalue weighted by Gasteiger charge is 2.22. The average Bonchev–Trinajstić information content (AvgIpc) is 2.71. The van der Waals surface area contributed by atoms with Gasteiger partial charge in [-0.2, -0.15) is 0 Å². The molecule has 0 aromatic heterocycles. The molecule has 0 spiro atoms. The molecule has 149 valence electrons. The van der Waals surface area contributed by atoms with Crippen LogP contribution in [0.1, 0.15) is 25.0 Å². The number of nitrogens with one attached hydrogen (secondary N) is 2.